The molecule has 0 spiro atoms. The Bertz CT molecular complexity index is 563. The predicted octanol–water partition coefficient (Wildman–Crippen LogP) is 4.33. The standard InChI is InChI=1S/C15H17BrN2S/c16-14-8-11(9-19-14)15(18-17)13-7-2-1-6-12(13)10-4-3-5-10/h1-2,6-10,15,18H,3-5,17H2. The molecule has 0 aliphatic heterocycles. The lowest BCUT2D eigenvalue weighted by Crippen LogP contribution is -2.30. The van der Waals surface area contributed by atoms with Crippen LogP contribution in [0, 0.1) is 0 Å². The van der Waals surface area contributed by atoms with Gasteiger partial charge in [-0.2, -0.15) is 0 Å². The Morgan fingerprint density at radius 1 is 1.32 bits per heavy atom. The van der Waals surface area contributed by atoms with E-state index in [4.69, 9.17) is 5.84 Å². The van der Waals surface area contributed by atoms with Crippen LogP contribution in [0.15, 0.2) is 39.5 Å². The zero-order valence-electron chi connectivity index (χ0n) is 10.6. The lowest BCUT2D eigenvalue weighted by molar-refractivity contribution is 0.414. The van der Waals surface area contributed by atoms with Gasteiger partial charge in [-0.25, -0.2) is 5.43 Å². The van der Waals surface area contributed by atoms with E-state index in [-0.39, 0.29) is 6.04 Å². The first-order valence-electron chi connectivity index (χ1n) is 6.58. The molecule has 0 saturated heterocycles. The summed E-state index contributed by atoms with van der Waals surface area (Å²) >= 11 is 5.22. The second kappa shape index (κ2) is 5.75. The molecule has 1 fully saturated rings. The van der Waals surface area contributed by atoms with Crippen molar-refractivity contribution in [1.29, 1.82) is 0 Å². The van der Waals surface area contributed by atoms with E-state index >= 15 is 0 Å². The zero-order valence-corrected chi connectivity index (χ0v) is 13.0. The topological polar surface area (TPSA) is 38.0 Å². The van der Waals surface area contributed by atoms with Crippen molar-refractivity contribution in [3.63, 3.8) is 0 Å². The smallest absolute Gasteiger partial charge is 0.0721 e. The highest BCUT2D eigenvalue weighted by atomic mass is 79.9. The quantitative estimate of drug-likeness (QED) is 0.644. The fourth-order valence-electron chi connectivity index (χ4n) is 2.71. The summed E-state index contributed by atoms with van der Waals surface area (Å²) in [5.41, 5.74) is 6.98. The highest BCUT2D eigenvalue weighted by Gasteiger charge is 2.25. The minimum atomic E-state index is 0.0827. The molecule has 0 amide bonds. The largest absolute Gasteiger partial charge is 0.271 e. The van der Waals surface area contributed by atoms with Gasteiger partial charge in [-0.15, -0.1) is 11.3 Å². The van der Waals surface area contributed by atoms with Crippen LogP contribution in [0.3, 0.4) is 0 Å². The van der Waals surface area contributed by atoms with Gasteiger partial charge in [0.05, 0.1) is 9.83 Å². The van der Waals surface area contributed by atoms with Gasteiger partial charge in [0.25, 0.3) is 0 Å². The van der Waals surface area contributed by atoms with E-state index in [0.717, 1.165) is 3.79 Å². The predicted molar refractivity (Wildman–Crippen MR) is 84.2 cm³/mol. The molecule has 1 aromatic heterocycles. The first-order chi connectivity index (χ1) is 9.29. The van der Waals surface area contributed by atoms with Gasteiger partial charge >= 0.3 is 0 Å². The molecule has 1 atom stereocenters. The van der Waals surface area contributed by atoms with E-state index in [1.165, 1.54) is 36.0 Å². The molecule has 1 aliphatic carbocycles. The Hall–Kier alpha value is -0.680. The second-order valence-corrected chi connectivity index (χ2v) is 7.33. The molecule has 4 heteroatoms. The van der Waals surface area contributed by atoms with Gasteiger partial charge in [0.15, 0.2) is 0 Å². The molecule has 2 nitrogen and oxygen atoms in total. The molecule has 1 aliphatic rings. The third-order valence-corrected chi connectivity index (χ3v) is 5.46. The van der Waals surface area contributed by atoms with Crippen molar-refractivity contribution < 1.29 is 0 Å². The summed E-state index contributed by atoms with van der Waals surface area (Å²) in [4.78, 5) is 0. The van der Waals surface area contributed by atoms with Crippen molar-refractivity contribution in [1.82, 2.24) is 5.43 Å². The van der Waals surface area contributed by atoms with Crippen molar-refractivity contribution >= 4 is 27.3 Å². The third-order valence-electron chi connectivity index (χ3n) is 3.94. The monoisotopic (exact) mass is 336 g/mol. The van der Waals surface area contributed by atoms with Crippen molar-refractivity contribution in [2.75, 3.05) is 0 Å². The maximum Gasteiger partial charge on any atom is 0.0721 e. The lowest BCUT2D eigenvalue weighted by Gasteiger charge is -2.30. The van der Waals surface area contributed by atoms with Crippen LogP contribution in [0.5, 0.6) is 0 Å². The van der Waals surface area contributed by atoms with Crippen LogP contribution >= 0.6 is 27.3 Å². The molecule has 3 N–H and O–H groups in total. The maximum absolute atomic E-state index is 5.81. The summed E-state index contributed by atoms with van der Waals surface area (Å²) in [5.74, 6) is 6.53. The molecule has 1 unspecified atom stereocenters. The minimum absolute atomic E-state index is 0.0827. The molecular weight excluding hydrogens is 320 g/mol. The molecule has 1 aromatic carbocycles. The first-order valence-corrected chi connectivity index (χ1v) is 8.25. The average molecular weight is 337 g/mol. The SMILES string of the molecule is NNC(c1csc(Br)c1)c1ccccc1C1CCC1. The Balaban J connectivity index is 1.99. The summed E-state index contributed by atoms with van der Waals surface area (Å²) < 4.78 is 1.14. The Morgan fingerprint density at radius 2 is 2.11 bits per heavy atom. The van der Waals surface area contributed by atoms with Gasteiger partial charge in [-0.05, 0) is 62.8 Å². The molecule has 19 heavy (non-hydrogen) atoms. The highest BCUT2D eigenvalue weighted by Crippen LogP contribution is 2.41. The zero-order chi connectivity index (χ0) is 13.2. The molecule has 2 aromatic rings. The van der Waals surface area contributed by atoms with Crippen LogP contribution < -0.4 is 11.3 Å². The van der Waals surface area contributed by atoms with Crippen molar-refractivity contribution in [3.8, 4) is 0 Å². The van der Waals surface area contributed by atoms with E-state index in [0.29, 0.717) is 5.92 Å². The van der Waals surface area contributed by atoms with E-state index in [1.54, 1.807) is 11.3 Å². The van der Waals surface area contributed by atoms with Crippen molar-refractivity contribution in [3.05, 3.63) is 56.2 Å². The summed E-state index contributed by atoms with van der Waals surface area (Å²) in [7, 11) is 0. The summed E-state index contributed by atoms with van der Waals surface area (Å²) in [5, 5.41) is 2.16. The summed E-state index contributed by atoms with van der Waals surface area (Å²) in [6.45, 7) is 0. The number of nitrogens with two attached hydrogens (primary N) is 1. The lowest BCUT2D eigenvalue weighted by atomic mass is 9.77. The molecule has 1 saturated carbocycles. The van der Waals surface area contributed by atoms with Gasteiger partial charge in [-0.3, -0.25) is 5.84 Å². The van der Waals surface area contributed by atoms with E-state index in [1.807, 2.05) is 0 Å². The number of hydrogen-bond acceptors (Lipinski definition) is 3. The van der Waals surface area contributed by atoms with Gasteiger partial charge in [0.2, 0.25) is 0 Å². The Labute approximate surface area is 126 Å². The summed E-state index contributed by atoms with van der Waals surface area (Å²) in [6.07, 6.45) is 3.97. The Morgan fingerprint density at radius 3 is 2.68 bits per heavy atom. The molecule has 100 valence electrons. The van der Waals surface area contributed by atoms with Gasteiger partial charge in [0.1, 0.15) is 0 Å². The minimum Gasteiger partial charge on any atom is -0.271 e. The number of rotatable bonds is 4. The van der Waals surface area contributed by atoms with Crippen LogP contribution in [-0.4, -0.2) is 0 Å². The van der Waals surface area contributed by atoms with Crippen LogP contribution in [0.25, 0.3) is 0 Å². The molecule has 3 rings (SSSR count). The van der Waals surface area contributed by atoms with Gasteiger partial charge in [-0.1, -0.05) is 30.7 Å². The fourth-order valence-corrected chi connectivity index (χ4v) is 3.91. The van der Waals surface area contributed by atoms with E-state index in [2.05, 4.69) is 57.1 Å². The normalized spacial score (nSPS) is 17.2. The fraction of sp³-hybridized carbons (Fsp3) is 0.333. The highest BCUT2D eigenvalue weighted by molar-refractivity contribution is 9.11. The van der Waals surface area contributed by atoms with Gasteiger partial charge < -0.3 is 0 Å². The van der Waals surface area contributed by atoms with Crippen LogP contribution in [0.2, 0.25) is 0 Å². The van der Waals surface area contributed by atoms with E-state index in [9.17, 15) is 0 Å². The number of hydrazine groups is 1. The number of halogens is 1. The van der Waals surface area contributed by atoms with Crippen LogP contribution in [0.1, 0.15) is 47.9 Å². The Kier molecular flexibility index (Phi) is 4.03. The number of benzene rings is 1. The van der Waals surface area contributed by atoms with Crippen LogP contribution in [0.4, 0.5) is 0 Å². The van der Waals surface area contributed by atoms with Crippen LogP contribution in [-0.2, 0) is 0 Å². The maximum atomic E-state index is 5.81. The first kappa shape index (κ1) is 13.3. The molecular formula is C15H17BrN2S. The van der Waals surface area contributed by atoms with Gasteiger partial charge in [0, 0.05) is 0 Å². The number of hydrogen-bond donors (Lipinski definition) is 2. The van der Waals surface area contributed by atoms with E-state index < -0.39 is 0 Å². The second-order valence-electron chi connectivity index (χ2n) is 5.04. The van der Waals surface area contributed by atoms with Crippen molar-refractivity contribution in [2.24, 2.45) is 5.84 Å². The molecule has 1 heterocycles. The third kappa shape index (κ3) is 2.63. The molecule has 0 bridgehead atoms. The number of thiophene rings is 1. The number of nitrogens with one attached hydrogen (secondary N) is 1. The van der Waals surface area contributed by atoms with Crippen molar-refractivity contribution in [2.45, 2.75) is 31.2 Å². The summed E-state index contributed by atoms with van der Waals surface area (Å²) in [6, 6.07) is 10.9. The average Bonchev–Trinajstić information content (AvgIpc) is 2.77. The molecule has 0 radical (unpaired) electrons.